The van der Waals surface area contributed by atoms with E-state index in [9.17, 15) is 9.59 Å². The monoisotopic (exact) mass is 356 g/mol. The largest absolute Gasteiger partial charge is 0.490 e. The first-order valence-electron chi connectivity index (χ1n) is 9.64. The third-order valence-corrected chi connectivity index (χ3v) is 5.26. The smallest absolute Gasteiger partial charge is 0.245 e. The highest BCUT2D eigenvalue weighted by Gasteiger charge is 2.27. The first kappa shape index (κ1) is 18.5. The van der Waals surface area contributed by atoms with E-state index in [0.717, 1.165) is 37.1 Å². The summed E-state index contributed by atoms with van der Waals surface area (Å²) < 4.78 is 6.02. The molecule has 1 heterocycles. The van der Waals surface area contributed by atoms with Gasteiger partial charge in [-0.15, -0.1) is 0 Å². The maximum atomic E-state index is 12.5. The van der Waals surface area contributed by atoms with Gasteiger partial charge in [0.15, 0.2) is 0 Å². The Balaban J connectivity index is 1.52. The van der Waals surface area contributed by atoms with E-state index in [1.807, 2.05) is 24.3 Å². The van der Waals surface area contributed by atoms with Crippen LogP contribution in [0.1, 0.15) is 44.9 Å². The summed E-state index contributed by atoms with van der Waals surface area (Å²) in [5.41, 5.74) is 0.762. The molecule has 2 fully saturated rings. The Morgan fingerprint density at radius 2 is 1.81 bits per heavy atom. The van der Waals surface area contributed by atoms with E-state index < -0.39 is 0 Å². The van der Waals surface area contributed by atoms with E-state index in [0.29, 0.717) is 19.2 Å². The number of hydrogen-bond acceptors (Lipinski definition) is 3. The maximum Gasteiger partial charge on any atom is 0.245 e. The number of amides is 2. The fraction of sp³-hybridized carbons (Fsp3) is 0.524. The van der Waals surface area contributed by atoms with Gasteiger partial charge in [0.05, 0.1) is 12.0 Å². The molecule has 1 aliphatic heterocycles. The van der Waals surface area contributed by atoms with Crippen molar-refractivity contribution < 1.29 is 14.3 Å². The van der Waals surface area contributed by atoms with Crippen molar-refractivity contribution in [2.24, 2.45) is 5.92 Å². The molecule has 2 amide bonds. The molecule has 1 aliphatic carbocycles. The Morgan fingerprint density at radius 1 is 1.08 bits per heavy atom. The summed E-state index contributed by atoms with van der Waals surface area (Å²) in [5.74, 6) is 0.542. The minimum absolute atomic E-state index is 0.0347. The van der Waals surface area contributed by atoms with Gasteiger partial charge in [-0.05, 0) is 68.9 Å². The SMILES string of the molecule is C=CC(=O)N1CCCC(C(=O)Nc2ccc(OC3CCCCC3)cc2)C1. The highest BCUT2D eigenvalue weighted by molar-refractivity contribution is 5.93. The van der Waals surface area contributed by atoms with Crippen molar-refractivity contribution in [1.29, 1.82) is 0 Å². The number of likely N-dealkylation sites (tertiary alicyclic amines) is 1. The number of anilines is 1. The first-order chi connectivity index (χ1) is 12.7. The molecule has 0 spiro atoms. The molecular weight excluding hydrogens is 328 g/mol. The quantitative estimate of drug-likeness (QED) is 0.817. The van der Waals surface area contributed by atoms with Crippen LogP contribution in [0.5, 0.6) is 5.75 Å². The van der Waals surface area contributed by atoms with Crippen LogP contribution >= 0.6 is 0 Å². The van der Waals surface area contributed by atoms with E-state index in [-0.39, 0.29) is 17.7 Å². The molecule has 1 N–H and O–H groups in total. The average molecular weight is 356 g/mol. The third kappa shape index (κ3) is 4.87. The number of carbonyl (C=O) groups is 2. The molecule has 3 rings (SSSR count). The number of ether oxygens (including phenoxy) is 1. The van der Waals surface area contributed by atoms with E-state index in [1.165, 1.54) is 25.3 Å². The third-order valence-electron chi connectivity index (χ3n) is 5.26. The van der Waals surface area contributed by atoms with Crippen LogP contribution in [0.3, 0.4) is 0 Å². The normalized spacial score (nSPS) is 21.1. The van der Waals surface area contributed by atoms with Gasteiger partial charge in [0.2, 0.25) is 11.8 Å². The number of carbonyl (C=O) groups excluding carboxylic acids is 2. The van der Waals surface area contributed by atoms with Crippen molar-refractivity contribution in [3.05, 3.63) is 36.9 Å². The fourth-order valence-corrected chi connectivity index (χ4v) is 3.76. The molecule has 140 valence electrons. The van der Waals surface area contributed by atoms with E-state index in [1.54, 1.807) is 4.90 Å². The zero-order valence-electron chi connectivity index (χ0n) is 15.3. The standard InChI is InChI=1S/C21H28N2O3/c1-2-20(24)23-14-6-7-16(15-23)21(25)22-17-10-12-19(13-11-17)26-18-8-4-3-5-9-18/h2,10-13,16,18H,1,3-9,14-15H2,(H,22,25). The molecule has 5 heteroatoms. The Morgan fingerprint density at radius 3 is 2.50 bits per heavy atom. The summed E-state index contributed by atoms with van der Waals surface area (Å²) in [4.78, 5) is 26.0. The van der Waals surface area contributed by atoms with Crippen molar-refractivity contribution in [2.45, 2.75) is 51.0 Å². The van der Waals surface area contributed by atoms with Gasteiger partial charge in [0.1, 0.15) is 5.75 Å². The lowest BCUT2D eigenvalue weighted by molar-refractivity contribution is -0.130. The van der Waals surface area contributed by atoms with Crippen molar-refractivity contribution in [3.8, 4) is 5.75 Å². The predicted molar refractivity (Wildman–Crippen MR) is 102 cm³/mol. The fourth-order valence-electron chi connectivity index (χ4n) is 3.76. The molecule has 1 atom stereocenters. The second-order valence-electron chi connectivity index (χ2n) is 7.22. The zero-order valence-corrected chi connectivity index (χ0v) is 15.3. The van der Waals surface area contributed by atoms with E-state index in [2.05, 4.69) is 11.9 Å². The highest BCUT2D eigenvalue weighted by atomic mass is 16.5. The summed E-state index contributed by atoms with van der Waals surface area (Å²) in [7, 11) is 0. The molecule has 2 aliphatic rings. The zero-order chi connectivity index (χ0) is 18.4. The van der Waals surface area contributed by atoms with Crippen LogP contribution in [0.15, 0.2) is 36.9 Å². The minimum atomic E-state index is -0.175. The average Bonchev–Trinajstić information content (AvgIpc) is 2.69. The van der Waals surface area contributed by atoms with Crippen molar-refractivity contribution in [1.82, 2.24) is 4.90 Å². The molecule has 1 aromatic carbocycles. The van der Waals surface area contributed by atoms with Gasteiger partial charge >= 0.3 is 0 Å². The van der Waals surface area contributed by atoms with Crippen LogP contribution in [0.25, 0.3) is 0 Å². The lowest BCUT2D eigenvalue weighted by atomic mass is 9.97. The molecule has 0 bridgehead atoms. The van der Waals surface area contributed by atoms with Gasteiger partial charge in [-0.1, -0.05) is 13.0 Å². The highest BCUT2D eigenvalue weighted by Crippen LogP contribution is 2.25. The molecule has 0 radical (unpaired) electrons. The summed E-state index contributed by atoms with van der Waals surface area (Å²) >= 11 is 0. The molecule has 5 nitrogen and oxygen atoms in total. The van der Waals surface area contributed by atoms with Gasteiger partial charge < -0.3 is 15.0 Å². The first-order valence-corrected chi connectivity index (χ1v) is 9.64. The minimum Gasteiger partial charge on any atom is -0.490 e. The lowest BCUT2D eigenvalue weighted by Crippen LogP contribution is -2.43. The molecule has 26 heavy (non-hydrogen) atoms. The van der Waals surface area contributed by atoms with Crippen LogP contribution in [0.2, 0.25) is 0 Å². The Bertz CT molecular complexity index is 635. The number of rotatable bonds is 5. The molecule has 0 aromatic heterocycles. The maximum absolute atomic E-state index is 12.5. The molecule has 1 saturated carbocycles. The Labute approximate surface area is 155 Å². The van der Waals surface area contributed by atoms with Crippen LogP contribution < -0.4 is 10.1 Å². The predicted octanol–water partition coefficient (Wildman–Crippen LogP) is 3.76. The van der Waals surface area contributed by atoms with Gasteiger partial charge in [-0.25, -0.2) is 0 Å². The topological polar surface area (TPSA) is 58.6 Å². The van der Waals surface area contributed by atoms with Crippen molar-refractivity contribution in [2.75, 3.05) is 18.4 Å². The van der Waals surface area contributed by atoms with Gasteiger partial charge in [-0.3, -0.25) is 9.59 Å². The molecule has 1 aromatic rings. The Hall–Kier alpha value is -2.30. The molecule has 1 saturated heterocycles. The van der Waals surface area contributed by atoms with Gasteiger partial charge in [0, 0.05) is 18.8 Å². The number of nitrogens with one attached hydrogen (secondary N) is 1. The number of hydrogen-bond donors (Lipinski definition) is 1. The Kier molecular flexibility index (Phi) is 6.31. The van der Waals surface area contributed by atoms with Crippen LogP contribution in [-0.2, 0) is 9.59 Å². The number of benzene rings is 1. The van der Waals surface area contributed by atoms with E-state index in [4.69, 9.17) is 4.74 Å². The number of piperidine rings is 1. The summed E-state index contributed by atoms with van der Waals surface area (Å²) in [6.07, 6.45) is 9.31. The molecule has 1 unspecified atom stereocenters. The number of nitrogens with zero attached hydrogens (tertiary/aromatic N) is 1. The van der Waals surface area contributed by atoms with Crippen molar-refractivity contribution in [3.63, 3.8) is 0 Å². The van der Waals surface area contributed by atoms with Gasteiger partial charge in [-0.2, -0.15) is 0 Å². The second-order valence-corrected chi connectivity index (χ2v) is 7.22. The van der Waals surface area contributed by atoms with Crippen LogP contribution in [0.4, 0.5) is 5.69 Å². The van der Waals surface area contributed by atoms with Crippen LogP contribution in [-0.4, -0.2) is 35.9 Å². The summed E-state index contributed by atoms with van der Waals surface area (Å²) in [6.45, 7) is 4.67. The molecular formula is C21H28N2O3. The lowest BCUT2D eigenvalue weighted by Gasteiger charge is -2.31. The van der Waals surface area contributed by atoms with Gasteiger partial charge in [0.25, 0.3) is 0 Å². The summed E-state index contributed by atoms with van der Waals surface area (Å²) in [5, 5.41) is 2.96. The second kappa shape index (κ2) is 8.88. The summed E-state index contributed by atoms with van der Waals surface area (Å²) in [6, 6.07) is 7.59. The van der Waals surface area contributed by atoms with Crippen molar-refractivity contribution >= 4 is 17.5 Å². The van der Waals surface area contributed by atoms with Crippen LogP contribution in [0, 0.1) is 5.92 Å². The van der Waals surface area contributed by atoms with E-state index >= 15 is 0 Å².